The van der Waals surface area contributed by atoms with Gasteiger partial charge < -0.3 is 59.8 Å². The number of nitrogens with zero attached hydrogens (tertiary/aromatic N) is 2. The van der Waals surface area contributed by atoms with E-state index in [1.807, 2.05) is 48.8 Å². The molecule has 0 aliphatic carbocycles. The molecule has 0 spiro atoms. The predicted molar refractivity (Wildman–Crippen MR) is 180 cm³/mol. The second-order valence-corrected chi connectivity index (χ2v) is 9.94. The minimum Gasteiger partial charge on any atom is -0.550 e. The number of aromatic carboxylic acids is 2. The van der Waals surface area contributed by atoms with Crippen molar-refractivity contribution in [2.45, 2.75) is 27.7 Å². The van der Waals surface area contributed by atoms with Gasteiger partial charge in [-0.2, -0.15) is 0 Å². The van der Waals surface area contributed by atoms with Gasteiger partial charge in [0.15, 0.2) is 0 Å². The average Bonchev–Trinajstić information content (AvgIpc) is 3.69. The van der Waals surface area contributed by atoms with Gasteiger partial charge in [0.2, 0.25) is 0 Å². The third-order valence-corrected chi connectivity index (χ3v) is 5.74. The standard InChI is InChI=1S/2C14H10N2O2.4C2H4O2.2Rh/c2*17-14(18)10-4-1-3-9(7-10)12-8-16-13-11(12)5-2-6-15-13;4*1-2(3)4;;/h2*1-8H,(H,15,16)(H,17,18);4*1H3,(H,3,4);;/q;;;;;;2*+2/p-4. The van der Waals surface area contributed by atoms with E-state index in [9.17, 15) is 9.59 Å². The van der Waals surface area contributed by atoms with Crippen LogP contribution in [0.1, 0.15) is 48.4 Å². The Labute approximate surface area is 333 Å². The van der Waals surface area contributed by atoms with Crippen LogP contribution in [-0.4, -0.2) is 66.0 Å². The van der Waals surface area contributed by atoms with Crippen LogP contribution in [0.4, 0.5) is 0 Å². The Kier molecular flexibility index (Phi) is 23.9. The van der Waals surface area contributed by atoms with E-state index in [0.717, 1.165) is 72.0 Å². The molecule has 0 bridgehead atoms. The fourth-order valence-corrected chi connectivity index (χ4v) is 4.03. The van der Waals surface area contributed by atoms with Crippen molar-refractivity contribution in [1.82, 2.24) is 19.9 Å². The molecule has 16 nitrogen and oxygen atoms in total. The number of benzene rings is 2. The van der Waals surface area contributed by atoms with Crippen molar-refractivity contribution in [3.05, 3.63) is 109 Å². The van der Waals surface area contributed by atoms with Crippen LogP contribution >= 0.6 is 0 Å². The molecule has 0 aliphatic rings. The van der Waals surface area contributed by atoms with E-state index in [1.54, 1.807) is 48.8 Å². The number of nitrogens with one attached hydrogen (secondary N) is 2. The Morgan fingerprint density at radius 1 is 0.519 bits per heavy atom. The molecule has 0 amide bonds. The summed E-state index contributed by atoms with van der Waals surface area (Å²) < 4.78 is 0. The zero-order chi connectivity index (χ0) is 39.4. The number of carboxylic acid groups (broad SMARTS) is 6. The van der Waals surface area contributed by atoms with Gasteiger partial charge in [0.1, 0.15) is 11.3 Å². The summed E-state index contributed by atoms with van der Waals surface area (Å²) in [6.07, 6.45) is 7.13. The van der Waals surface area contributed by atoms with Crippen molar-refractivity contribution in [3.63, 3.8) is 0 Å². The van der Waals surface area contributed by atoms with Crippen molar-refractivity contribution < 1.29 is 98.4 Å². The van der Waals surface area contributed by atoms with Gasteiger partial charge in [0.25, 0.3) is 0 Å². The molecule has 0 saturated carbocycles. The summed E-state index contributed by atoms with van der Waals surface area (Å²) in [5.41, 5.74) is 5.82. The Morgan fingerprint density at radius 3 is 1.09 bits per heavy atom. The molecule has 4 heterocycles. The fraction of sp³-hybridized carbons (Fsp3) is 0.111. The van der Waals surface area contributed by atoms with Crippen molar-refractivity contribution in [2.75, 3.05) is 0 Å². The first kappa shape index (κ1) is 50.0. The molecule has 4 aromatic heterocycles. The largest absolute Gasteiger partial charge is 2.00 e. The van der Waals surface area contributed by atoms with Crippen LogP contribution in [0, 0.1) is 0 Å². The number of aliphatic carboxylic acids is 4. The summed E-state index contributed by atoms with van der Waals surface area (Å²) in [7, 11) is 0. The second kappa shape index (κ2) is 25.8. The van der Waals surface area contributed by atoms with E-state index in [0.29, 0.717) is 0 Å². The summed E-state index contributed by atoms with van der Waals surface area (Å²) in [5, 5.41) is 55.5. The van der Waals surface area contributed by atoms with Crippen LogP contribution < -0.4 is 20.4 Å². The number of fused-ring (bicyclic) bond motifs is 2. The molecule has 18 heteroatoms. The molecule has 286 valence electrons. The van der Waals surface area contributed by atoms with Gasteiger partial charge in [-0.1, -0.05) is 24.3 Å². The molecule has 6 rings (SSSR count). The predicted octanol–water partition coefficient (Wildman–Crippen LogP) is 0.876. The maximum atomic E-state index is 11.0. The first-order valence-electron chi connectivity index (χ1n) is 14.7. The van der Waals surface area contributed by atoms with E-state index in [2.05, 4.69) is 19.9 Å². The van der Waals surface area contributed by atoms with Crippen molar-refractivity contribution in [2.24, 2.45) is 0 Å². The SMILES string of the molecule is CC(=O)[O-].CC(=O)[O-].CC(=O)[O-].CC(=O)[O-].O=C(O)c1cccc(-c2c[nH]c3ncccc23)c1.O=C(O)c1cccc(-c2c[nH]c3ncccc23)c1.[Rh+2].[Rh+2]. The maximum Gasteiger partial charge on any atom is 2.00 e. The first-order chi connectivity index (χ1) is 24.4. The number of rotatable bonds is 4. The summed E-state index contributed by atoms with van der Waals surface area (Å²) in [4.78, 5) is 72.1. The van der Waals surface area contributed by atoms with Gasteiger partial charge in [0, 0.05) is 70.6 Å². The Balaban J connectivity index is 0. The van der Waals surface area contributed by atoms with Crippen LogP contribution in [0.3, 0.4) is 0 Å². The molecular weight excluding hydrogens is 886 g/mol. The molecule has 0 atom stereocenters. The van der Waals surface area contributed by atoms with Crippen molar-refractivity contribution >= 4 is 57.9 Å². The molecule has 6 aromatic rings. The molecule has 4 N–H and O–H groups in total. The van der Waals surface area contributed by atoms with Crippen molar-refractivity contribution in [3.8, 4) is 22.3 Å². The minimum absolute atomic E-state index is 0. The monoisotopic (exact) mass is 918 g/mol. The quantitative estimate of drug-likeness (QED) is 0.179. The van der Waals surface area contributed by atoms with Gasteiger partial charge in [0.05, 0.1) is 11.1 Å². The Morgan fingerprint density at radius 2 is 0.815 bits per heavy atom. The smallest absolute Gasteiger partial charge is 0.550 e. The molecule has 2 aromatic carbocycles. The van der Waals surface area contributed by atoms with E-state index < -0.39 is 35.8 Å². The third kappa shape index (κ3) is 18.9. The van der Waals surface area contributed by atoms with Gasteiger partial charge in [-0.25, -0.2) is 19.6 Å². The van der Waals surface area contributed by atoms with Crippen LogP contribution in [-0.2, 0) is 58.1 Å². The molecule has 0 unspecified atom stereocenters. The number of aromatic amines is 2. The van der Waals surface area contributed by atoms with Crippen LogP contribution in [0.2, 0.25) is 0 Å². The summed E-state index contributed by atoms with van der Waals surface area (Å²) >= 11 is 0. The summed E-state index contributed by atoms with van der Waals surface area (Å²) in [5.74, 6) is -6.18. The Hall–Kier alpha value is -6.11. The van der Waals surface area contributed by atoms with Gasteiger partial charge in [-0.3, -0.25) is 0 Å². The number of hydrogen-bond acceptors (Lipinski definition) is 12. The minimum atomic E-state index is -1.08. The van der Waals surface area contributed by atoms with Gasteiger partial charge in [-0.15, -0.1) is 0 Å². The number of carbonyl (C=O) groups excluding carboxylic acids is 4. The van der Waals surface area contributed by atoms with E-state index in [-0.39, 0.29) is 50.1 Å². The fourth-order valence-electron chi connectivity index (χ4n) is 4.03. The van der Waals surface area contributed by atoms with Crippen LogP contribution in [0.5, 0.6) is 0 Å². The third-order valence-electron chi connectivity index (χ3n) is 5.74. The molecule has 2 radical (unpaired) electrons. The first-order valence-corrected chi connectivity index (χ1v) is 14.7. The second-order valence-electron chi connectivity index (χ2n) is 9.94. The van der Waals surface area contributed by atoms with E-state index in [4.69, 9.17) is 49.8 Å². The van der Waals surface area contributed by atoms with Crippen molar-refractivity contribution in [1.29, 1.82) is 0 Å². The molecule has 54 heavy (non-hydrogen) atoms. The average molecular weight is 918 g/mol. The topological polar surface area (TPSA) is 292 Å². The number of carboxylic acids is 6. The van der Waals surface area contributed by atoms with Gasteiger partial charge >= 0.3 is 50.9 Å². The normalized spacial score (nSPS) is 8.96. The number of carbonyl (C=O) groups is 6. The zero-order valence-electron chi connectivity index (χ0n) is 28.8. The Bertz CT molecular complexity index is 1960. The molecule has 0 aliphatic heterocycles. The van der Waals surface area contributed by atoms with Crippen LogP contribution in [0.25, 0.3) is 44.3 Å². The van der Waals surface area contributed by atoms with Gasteiger partial charge in [-0.05, 0) is 87.4 Å². The number of H-pyrrole nitrogens is 2. The van der Waals surface area contributed by atoms with E-state index in [1.165, 1.54) is 0 Å². The number of hydrogen-bond donors (Lipinski definition) is 4. The molecule has 0 saturated heterocycles. The number of pyridine rings is 2. The van der Waals surface area contributed by atoms with E-state index >= 15 is 0 Å². The van der Waals surface area contributed by atoms with Crippen LogP contribution in [0.15, 0.2) is 97.6 Å². The summed E-state index contributed by atoms with van der Waals surface area (Å²) in [6.45, 7) is 3.89. The zero-order valence-corrected chi connectivity index (χ0v) is 32.1. The molecular formula is C36H32N4O12Rh2. The molecule has 0 fully saturated rings. The maximum absolute atomic E-state index is 11.0. The summed E-state index contributed by atoms with van der Waals surface area (Å²) in [6, 6.07) is 21.4. The number of aromatic nitrogens is 4.